The SMILES string of the molecule is CC(C)CC(=O)N1CCC(S(=O)(=O)CC(C)C)CC1. The summed E-state index contributed by atoms with van der Waals surface area (Å²) < 4.78 is 24.3. The molecular formula is C14H27NO3S. The minimum atomic E-state index is -2.99. The lowest BCUT2D eigenvalue weighted by atomic mass is 10.1. The fraction of sp³-hybridized carbons (Fsp3) is 0.929. The Balaban J connectivity index is 2.51. The molecule has 0 N–H and O–H groups in total. The molecule has 1 saturated heterocycles. The van der Waals surface area contributed by atoms with Crippen molar-refractivity contribution in [2.75, 3.05) is 18.8 Å². The fourth-order valence-corrected chi connectivity index (χ4v) is 4.67. The van der Waals surface area contributed by atoms with Gasteiger partial charge in [0, 0.05) is 19.5 Å². The van der Waals surface area contributed by atoms with Gasteiger partial charge in [0.1, 0.15) is 0 Å². The van der Waals surface area contributed by atoms with Crippen LogP contribution in [0.3, 0.4) is 0 Å². The molecule has 1 heterocycles. The molecule has 0 atom stereocenters. The number of piperidine rings is 1. The topological polar surface area (TPSA) is 54.5 Å². The van der Waals surface area contributed by atoms with Crippen LogP contribution in [0.25, 0.3) is 0 Å². The molecule has 1 amide bonds. The van der Waals surface area contributed by atoms with Gasteiger partial charge in [-0.3, -0.25) is 4.79 Å². The van der Waals surface area contributed by atoms with Crippen LogP contribution >= 0.6 is 0 Å². The standard InChI is InChI=1S/C14H27NO3S/c1-11(2)9-14(16)15-7-5-13(6-8-15)19(17,18)10-12(3)4/h11-13H,5-10H2,1-4H3. The van der Waals surface area contributed by atoms with Gasteiger partial charge >= 0.3 is 0 Å². The van der Waals surface area contributed by atoms with Crippen molar-refractivity contribution in [1.29, 1.82) is 0 Å². The molecule has 1 rings (SSSR count). The maximum absolute atomic E-state index is 12.1. The Morgan fingerprint density at radius 3 is 2.05 bits per heavy atom. The Hall–Kier alpha value is -0.580. The number of sulfone groups is 1. The number of carbonyl (C=O) groups excluding carboxylic acids is 1. The van der Waals surface area contributed by atoms with Crippen LogP contribution < -0.4 is 0 Å². The van der Waals surface area contributed by atoms with Crippen LogP contribution in [0.4, 0.5) is 0 Å². The van der Waals surface area contributed by atoms with Gasteiger partial charge in [-0.2, -0.15) is 0 Å². The van der Waals surface area contributed by atoms with Gasteiger partial charge in [-0.05, 0) is 24.7 Å². The molecule has 0 aromatic heterocycles. The van der Waals surface area contributed by atoms with Crippen molar-refractivity contribution in [1.82, 2.24) is 4.90 Å². The molecule has 0 aromatic rings. The summed E-state index contributed by atoms with van der Waals surface area (Å²) in [5.41, 5.74) is 0. The maximum Gasteiger partial charge on any atom is 0.222 e. The highest BCUT2D eigenvalue weighted by molar-refractivity contribution is 7.92. The molecule has 0 radical (unpaired) electrons. The Kier molecular flexibility index (Phi) is 5.83. The first-order valence-electron chi connectivity index (χ1n) is 7.21. The molecule has 0 aromatic carbocycles. The number of carbonyl (C=O) groups is 1. The summed E-state index contributed by atoms with van der Waals surface area (Å²) in [7, 11) is -2.99. The second kappa shape index (κ2) is 6.73. The van der Waals surface area contributed by atoms with E-state index in [1.54, 1.807) is 0 Å². The minimum absolute atomic E-state index is 0.162. The predicted octanol–water partition coefficient (Wildman–Crippen LogP) is 2.09. The third kappa shape index (κ3) is 5.13. The van der Waals surface area contributed by atoms with Crippen LogP contribution in [0, 0.1) is 11.8 Å². The summed E-state index contributed by atoms with van der Waals surface area (Å²) in [5.74, 6) is 0.952. The zero-order valence-electron chi connectivity index (χ0n) is 12.6. The van der Waals surface area contributed by atoms with E-state index in [0.29, 0.717) is 38.3 Å². The van der Waals surface area contributed by atoms with E-state index in [1.165, 1.54) is 0 Å². The quantitative estimate of drug-likeness (QED) is 0.779. The van der Waals surface area contributed by atoms with E-state index in [0.717, 1.165) is 0 Å². The van der Waals surface area contributed by atoms with Crippen molar-refractivity contribution in [3.63, 3.8) is 0 Å². The number of amides is 1. The van der Waals surface area contributed by atoms with E-state index in [4.69, 9.17) is 0 Å². The third-order valence-electron chi connectivity index (χ3n) is 3.45. The number of rotatable bonds is 5. The molecule has 5 heteroatoms. The average Bonchev–Trinajstić information content (AvgIpc) is 2.26. The second-order valence-electron chi connectivity index (χ2n) is 6.40. The summed E-state index contributed by atoms with van der Waals surface area (Å²) in [6, 6.07) is 0. The first-order chi connectivity index (χ1) is 8.72. The van der Waals surface area contributed by atoms with Crippen LogP contribution in [0.5, 0.6) is 0 Å². The van der Waals surface area contributed by atoms with Gasteiger partial charge < -0.3 is 4.90 Å². The first-order valence-corrected chi connectivity index (χ1v) is 8.93. The lowest BCUT2D eigenvalue weighted by molar-refractivity contribution is -0.132. The van der Waals surface area contributed by atoms with Crippen LogP contribution in [-0.4, -0.2) is 43.3 Å². The smallest absolute Gasteiger partial charge is 0.222 e. The number of likely N-dealkylation sites (tertiary alicyclic amines) is 1. The van der Waals surface area contributed by atoms with Gasteiger partial charge in [0.25, 0.3) is 0 Å². The molecule has 0 unspecified atom stereocenters. The summed E-state index contributed by atoms with van der Waals surface area (Å²) in [4.78, 5) is 13.7. The van der Waals surface area contributed by atoms with Gasteiger partial charge in [0.2, 0.25) is 5.91 Å². The number of hydrogen-bond acceptors (Lipinski definition) is 3. The van der Waals surface area contributed by atoms with E-state index in [-0.39, 0.29) is 22.8 Å². The van der Waals surface area contributed by atoms with Gasteiger partial charge in [0.15, 0.2) is 9.84 Å². The van der Waals surface area contributed by atoms with Crippen molar-refractivity contribution in [3.05, 3.63) is 0 Å². The van der Waals surface area contributed by atoms with Crippen molar-refractivity contribution >= 4 is 15.7 Å². The maximum atomic E-state index is 12.1. The molecule has 0 saturated carbocycles. The summed E-state index contributed by atoms with van der Waals surface area (Å²) in [6.45, 7) is 9.09. The van der Waals surface area contributed by atoms with Gasteiger partial charge in [0.05, 0.1) is 11.0 Å². The van der Waals surface area contributed by atoms with Crippen molar-refractivity contribution < 1.29 is 13.2 Å². The largest absolute Gasteiger partial charge is 0.343 e. The third-order valence-corrected chi connectivity index (χ3v) is 6.07. The predicted molar refractivity (Wildman–Crippen MR) is 77.7 cm³/mol. The van der Waals surface area contributed by atoms with Gasteiger partial charge in [-0.25, -0.2) is 8.42 Å². The van der Waals surface area contributed by atoms with Crippen molar-refractivity contribution in [2.24, 2.45) is 11.8 Å². The minimum Gasteiger partial charge on any atom is -0.343 e. The number of hydrogen-bond donors (Lipinski definition) is 0. The van der Waals surface area contributed by atoms with Crippen LogP contribution in [0.1, 0.15) is 47.0 Å². The second-order valence-corrected chi connectivity index (χ2v) is 8.73. The molecule has 19 heavy (non-hydrogen) atoms. The van der Waals surface area contributed by atoms with E-state index in [1.807, 2.05) is 32.6 Å². The number of nitrogens with zero attached hydrogens (tertiary/aromatic N) is 1. The van der Waals surface area contributed by atoms with E-state index < -0.39 is 9.84 Å². The molecule has 1 aliphatic rings. The van der Waals surface area contributed by atoms with E-state index >= 15 is 0 Å². The molecule has 4 nitrogen and oxygen atoms in total. The Morgan fingerprint density at radius 2 is 1.63 bits per heavy atom. The highest BCUT2D eigenvalue weighted by Crippen LogP contribution is 2.21. The molecule has 112 valence electrons. The molecular weight excluding hydrogens is 262 g/mol. The average molecular weight is 289 g/mol. The summed E-state index contributed by atoms with van der Waals surface area (Å²) >= 11 is 0. The normalized spacial score (nSPS) is 18.3. The summed E-state index contributed by atoms with van der Waals surface area (Å²) in [6.07, 6.45) is 1.75. The zero-order chi connectivity index (χ0) is 14.6. The fourth-order valence-electron chi connectivity index (χ4n) is 2.54. The molecule has 0 aliphatic carbocycles. The van der Waals surface area contributed by atoms with Crippen LogP contribution in [0.2, 0.25) is 0 Å². The van der Waals surface area contributed by atoms with E-state index in [2.05, 4.69) is 0 Å². The lowest BCUT2D eigenvalue weighted by Gasteiger charge is -2.32. The first kappa shape index (κ1) is 16.5. The van der Waals surface area contributed by atoms with Crippen LogP contribution in [-0.2, 0) is 14.6 Å². The monoisotopic (exact) mass is 289 g/mol. The van der Waals surface area contributed by atoms with Gasteiger partial charge in [-0.1, -0.05) is 27.7 Å². The van der Waals surface area contributed by atoms with Crippen molar-refractivity contribution in [3.8, 4) is 0 Å². The Labute approximate surface area is 117 Å². The molecule has 1 aliphatic heterocycles. The Bertz CT molecular complexity index is 393. The van der Waals surface area contributed by atoms with Crippen molar-refractivity contribution in [2.45, 2.75) is 52.2 Å². The highest BCUT2D eigenvalue weighted by atomic mass is 32.2. The van der Waals surface area contributed by atoms with Gasteiger partial charge in [-0.15, -0.1) is 0 Å². The lowest BCUT2D eigenvalue weighted by Crippen LogP contribution is -2.43. The molecule has 1 fully saturated rings. The molecule has 0 spiro atoms. The van der Waals surface area contributed by atoms with E-state index in [9.17, 15) is 13.2 Å². The highest BCUT2D eigenvalue weighted by Gasteiger charge is 2.31. The Morgan fingerprint density at radius 1 is 1.11 bits per heavy atom. The summed E-state index contributed by atoms with van der Waals surface area (Å²) in [5, 5.41) is -0.252. The van der Waals surface area contributed by atoms with Crippen LogP contribution in [0.15, 0.2) is 0 Å². The zero-order valence-corrected chi connectivity index (χ0v) is 13.4. The molecule has 0 bridgehead atoms.